The van der Waals surface area contributed by atoms with Crippen molar-refractivity contribution >= 4 is 50.7 Å². The first kappa shape index (κ1) is 34.8. The minimum atomic E-state index is -4.22. The van der Waals surface area contributed by atoms with Crippen LogP contribution in [0.25, 0.3) is 0 Å². The van der Waals surface area contributed by atoms with Gasteiger partial charge in [0.05, 0.1) is 17.7 Å². The third-order valence-electron chi connectivity index (χ3n) is 7.10. The number of carbonyl (C=O) groups is 2. The number of hydrogen-bond donors (Lipinski definition) is 1. The van der Waals surface area contributed by atoms with Crippen molar-refractivity contribution in [3.8, 4) is 5.75 Å². The van der Waals surface area contributed by atoms with Gasteiger partial charge in [-0.05, 0) is 80.4 Å². The zero-order valence-electron chi connectivity index (χ0n) is 26.1. The molecular formula is C35H37Cl2N3O5S. The summed E-state index contributed by atoms with van der Waals surface area (Å²) in [6.07, 6.45) is 0.174. The second-order valence-electron chi connectivity index (χ2n) is 11.7. The van der Waals surface area contributed by atoms with E-state index in [1.165, 1.54) is 24.1 Å². The molecule has 4 aromatic carbocycles. The lowest BCUT2D eigenvalue weighted by molar-refractivity contribution is -0.140. The maximum Gasteiger partial charge on any atom is 0.264 e. The number of ether oxygens (including phenoxy) is 1. The van der Waals surface area contributed by atoms with Gasteiger partial charge < -0.3 is 15.0 Å². The topological polar surface area (TPSA) is 96.0 Å². The maximum atomic E-state index is 14.6. The van der Waals surface area contributed by atoms with Crippen LogP contribution in [-0.4, -0.2) is 50.4 Å². The molecule has 0 aromatic heterocycles. The molecule has 1 atom stereocenters. The van der Waals surface area contributed by atoms with Crippen LogP contribution in [0.15, 0.2) is 108 Å². The molecule has 0 unspecified atom stereocenters. The van der Waals surface area contributed by atoms with E-state index in [1.54, 1.807) is 60.7 Å². The molecule has 1 N–H and O–H groups in total. The lowest BCUT2D eigenvalue weighted by atomic mass is 10.0. The van der Waals surface area contributed by atoms with Crippen LogP contribution in [0.5, 0.6) is 5.75 Å². The SMILES string of the molecule is COc1ccc(N(CC(=O)N(Cc2ccc(Cl)cc2Cl)[C@@H](Cc2ccccc2)C(=O)NC(C)(C)C)S(=O)(=O)c2ccccc2)cc1. The molecule has 46 heavy (non-hydrogen) atoms. The van der Waals surface area contributed by atoms with Crippen LogP contribution < -0.4 is 14.4 Å². The molecule has 0 aliphatic rings. The van der Waals surface area contributed by atoms with Crippen LogP contribution in [0.1, 0.15) is 31.9 Å². The minimum Gasteiger partial charge on any atom is -0.497 e. The van der Waals surface area contributed by atoms with Crippen LogP contribution in [0.2, 0.25) is 10.0 Å². The average molecular weight is 683 g/mol. The molecule has 0 bridgehead atoms. The lowest BCUT2D eigenvalue weighted by Gasteiger charge is -2.35. The van der Waals surface area contributed by atoms with E-state index < -0.39 is 40.0 Å². The monoisotopic (exact) mass is 681 g/mol. The summed E-state index contributed by atoms with van der Waals surface area (Å²) >= 11 is 12.7. The Hall–Kier alpha value is -4.05. The van der Waals surface area contributed by atoms with E-state index in [9.17, 15) is 18.0 Å². The van der Waals surface area contributed by atoms with Gasteiger partial charge in [0.25, 0.3) is 10.0 Å². The zero-order valence-corrected chi connectivity index (χ0v) is 28.4. The van der Waals surface area contributed by atoms with Gasteiger partial charge in [-0.3, -0.25) is 13.9 Å². The quantitative estimate of drug-likeness (QED) is 0.178. The minimum absolute atomic E-state index is 0.0113. The van der Waals surface area contributed by atoms with Gasteiger partial charge in [0.2, 0.25) is 11.8 Å². The highest BCUT2D eigenvalue weighted by molar-refractivity contribution is 7.92. The van der Waals surface area contributed by atoms with E-state index in [-0.39, 0.29) is 23.5 Å². The molecule has 0 saturated heterocycles. The molecule has 0 heterocycles. The highest BCUT2D eigenvalue weighted by Crippen LogP contribution is 2.28. The van der Waals surface area contributed by atoms with Crippen LogP contribution in [0.4, 0.5) is 5.69 Å². The Morgan fingerprint density at radius 2 is 1.48 bits per heavy atom. The smallest absolute Gasteiger partial charge is 0.264 e. The number of nitrogens with zero attached hydrogens (tertiary/aromatic N) is 2. The van der Waals surface area contributed by atoms with E-state index in [0.29, 0.717) is 21.4 Å². The standard InChI is InChI=1S/C35H37Cl2N3O5S/c1-35(2,3)38-34(42)32(21-25-11-7-5-8-12-25)39(23-26-15-16-27(36)22-31(26)37)33(41)24-40(28-17-19-29(45-4)20-18-28)46(43,44)30-13-9-6-10-14-30/h5-20,22,32H,21,23-24H2,1-4H3,(H,38,42)/t32-/m0/s1. The molecule has 2 amide bonds. The van der Waals surface area contributed by atoms with Crippen molar-refractivity contribution in [2.24, 2.45) is 0 Å². The summed E-state index contributed by atoms with van der Waals surface area (Å²) in [5, 5.41) is 3.73. The highest BCUT2D eigenvalue weighted by atomic mass is 35.5. The number of carbonyl (C=O) groups excluding carboxylic acids is 2. The summed E-state index contributed by atoms with van der Waals surface area (Å²) in [5.41, 5.74) is 1.01. The van der Waals surface area contributed by atoms with Crippen molar-refractivity contribution in [1.29, 1.82) is 0 Å². The van der Waals surface area contributed by atoms with Crippen molar-refractivity contribution in [2.75, 3.05) is 18.0 Å². The molecule has 4 rings (SSSR count). The summed E-state index contributed by atoms with van der Waals surface area (Å²) < 4.78 is 34.5. The summed E-state index contributed by atoms with van der Waals surface area (Å²) in [6.45, 7) is 4.88. The van der Waals surface area contributed by atoms with E-state index in [4.69, 9.17) is 27.9 Å². The normalized spacial score (nSPS) is 12.2. The largest absolute Gasteiger partial charge is 0.497 e. The maximum absolute atomic E-state index is 14.6. The third-order valence-corrected chi connectivity index (χ3v) is 9.47. The molecule has 0 radical (unpaired) electrons. The molecule has 0 saturated carbocycles. The van der Waals surface area contributed by atoms with Gasteiger partial charge >= 0.3 is 0 Å². The number of amides is 2. The number of methoxy groups -OCH3 is 1. The van der Waals surface area contributed by atoms with Gasteiger partial charge in [-0.25, -0.2) is 8.42 Å². The van der Waals surface area contributed by atoms with Gasteiger partial charge in [-0.15, -0.1) is 0 Å². The Morgan fingerprint density at radius 1 is 0.870 bits per heavy atom. The lowest BCUT2D eigenvalue weighted by Crippen LogP contribution is -2.56. The molecule has 8 nitrogen and oxygen atoms in total. The molecule has 242 valence electrons. The van der Waals surface area contributed by atoms with Crippen molar-refractivity contribution in [1.82, 2.24) is 10.2 Å². The third kappa shape index (κ3) is 9.02. The first-order valence-electron chi connectivity index (χ1n) is 14.6. The Morgan fingerprint density at radius 3 is 2.04 bits per heavy atom. The van der Waals surface area contributed by atoms with Crippen LogP contribution in [0, 0.1) is 0 Å². The molecule has 4 aromatic rings. The van der Waals surface area contributed by atoms with Crippen LogP contribution in [0.3, 0.4) is 0 Å². The fourth-order valence-corrected chi connectivity index (χ4v) is 6.74. The molecule has 0 fully saturated rings. The first-order valence-corrected chi connectivity index (χ1v) is 16.8. The van der Waals surface area contributed by atoms with E-state index in [2.05, 4.69) is 5.32 Å². The van der Waals surface area contributed by atoms with Crippen molar-refractivity contribution in [3.05, 3.63) is 124 Å². The summed E-state index contributed by atoms with van der Waals surface area (Å²) in [4.78, 5) is 29.9. The Labute approximate surface area is 280 Å². The number of hydrogen-bond acceptors (Lipinski definition) is 5. The Kier molecular flexibility index (Phi) is 11.4. The molecule has 11 heteroatoms. The van der Waals surface area contributed by atoms with E-state index >= 15 is 0 Å². The summed E-state index contributed by atoms with van der Waals surface area (Å²) in [6, 6.07) is 27.5. The molecule has 0 spiro atoms. The van der Waals surface area contributed by atoms with Gasteiger partial charge in [0.15, 0.2) is 0 Å². The zero-order chi connectivity index (χ0) is 33.5. The average Bonchev–Trinajstić information content (AvgIpc) is 3.02. The predicted octanol–water partition coefficient (Wildman–Crippen LogP) is 6.75. The Balaban J connectivity index is 1.83. The number of nitrogens with one attached hydrogen (secondary N) is 1. The number of benzene rings is 4. The number of halogens is 2. The number of sulfonamides is 1. The summed E-state index contributed by atoms with van der Waals surface area (Å²) in [5.74, 6) is -0.476. The van der Waals surface area contributed by atoms with Crippen molar-refractivity contribution in [3.63, 3.8) is 0 Å². The predicted molar refractivity (Wildman–Crippen MR) is 183 cm³/mol. The van der Waals surface area contributed by atoms with E-state index in [1.807, 2.05) is 51.1 Å². The van der Waals surface area contributed by atoms with Crippen LogP contribution >= 0.6 is 23.2 Å². The van der Waals surface area contributed by atoms with Gasteiger partial charge in [-0.2, -0.15) is 0 Å². The van der Waals surface area contributed by atoms with E-state index in [0.717, 1.165) is 9.87 Å². The van der Waals surface area contributed by atoms with Gasteiger partial charge in [0, 0.05) is 28.5 Å². The van der Waals surface area contributed by atoms with Crippen molar-refractivity contribution < 1.29 is 22.7 Å². The number of rotatable bonds is 12. The second-order valence-corrected chi connectivity index (χ2v) is 14.4. The molecular weight excluding hydrogens is 645 g/mol. The van der Waals surface area contributed by atoms with Gasteiger partial charge in [-0.1, -0.05) is 77.8 Å². The van der Waals surface area contributed by atoms with Crippen LogP contribution in [-0.2, 0) is 32.6 Å². The van der Waals surface area contributed by atoms with Gasteiger partial charge in [0.1, 0.15) is 18.3 Å². The van der Waals surface area contributed by atoms with Crippen molar-refractivity contribution in [2.45, 2.75) is 50.2 Å². The fourth-order valence-electron chi connectivity index (χ4n) is 4.84. The Bertz CT molecular complexity index is 1750. The highest BCUT2D eigenvalue weighted by Gasteiger charge is 2.36. The second kappa shape index (κ2) is 15.0. The summed E-state index contributed by atoms with van der Waals surface area (Å²) in [7, 11) is -2.72. The molecule has 0 aliphatic heterocycles. The fraction of sp³-hybridized carbons (Fsp3) is 0.257. The first-order chi connectivity index (χ1) is 21.8. The molecule has 0 aliphatic carbocycles. The number of anilines is 1.